The lowest BCUT2D eigenvalue weighted by Gasteiger charge is -2.24. The van der Waals surface area contributed by atoms with Gasteiger partial charge in [-0.05, 0) is 68.1 Å². The molecule has 0 spiro atoms. The topological polar surface area (TPSA) is 73.1 Å². The largest absolute Gasteiger partial charge is 0.497 e. The van der Waals surface area contributed by atoms with Gasteiger partial charge in [0, 0.05) is 24.5 Å². The number of nitrogens with zero attached hydrogens (tertiary/aromatic N) is 5. The van der Waals surface area contributed by atoms with Crippen LogP contribution >= 0.6 is 0 Å². The van der Waals surface area contributed by atoms with Crippen molar-refractivity contribution in [3.05, 3.63) is 77.7 Å². The summed E-state index contributed by atoms with van der Waals surface area (Å²) in [7, 11) is 1.65. The normalized spacial score (nSPS) is 15.8. The van der Waals surface area contributed by atoms with E-state index in [9.17, 15) is 4.79 Å². The predicted octanol–water partition coefficient (Wildman–Crippen LogP) is 4.43. The van der Waals surface area contributed by atoms with Gasteiger partial charge in [0.25, 0.3) is 0 Å². The Morgan fingerprint density at radius 1 is 1.12 bits per heavy atom. The van der Waals surface area contributed by atoms with Gasteiger partial charge in [-0.1, -0.05) is 18.2 Å². The second-order valence-electron chi connectivity index (χ2n) is 8.39. The zero-order valence-corrected chi connectivity index (χ0v) is 18.9. The van der Waals surface area contributed by atoms with Crippen molar-refractivity contribution >= 4 is 16.9 Å². The second kappa shape index (κ2) is 9.02. The van der Waals surface area contributed by atoms with E-state index in [0.717, 1.165) is 58.9 Å². The van der Waals surface area contributed by atoms with Crippen molar-refractivity contribution in [3.8, 4) is 11.6 Å². The number of fused-ring (bicyclic) bond motifs is 1. The van der Waals surface area contributed by atoms with Crippen molar-refractivity contribution in [2.45, 2.75) is 38.6 Å². The summed E-state index contributed by atoms with van der Waals surface area (Å²) in [5.74, 6) is 1.73. The average Bonchev–Trinajstić information content (AvgIpc) is 3.48. The molecular weight excluding hydrogens is 414 g/mol. The van der Waals surface area contributed by atoms with Crippen molar-refractivity contribution < 1.29 is 9.53 Å². The lowest BCUT2D eigenvalue weighted by Crippen LogP contribution is -2.31. The minimum Gasteiger partial charge on any atom is -0.497 e. The maximum atomic E-state index is 13.1. The summed E-state index contributed by atoms with van der Waals surface area (Å²) in [6, 6.07) is 17.7. The number of benzene rings is 1. The standard InChI is InChI=1S/C26H27N5O2/c1-18-21-13-14-22(28-26(21)31(29-18)24-7-3-4-16-27-24)23-6-5-17-30(23)25(32)15-10-19-8-11-20(33-2)12-9-19/h3-4,7-9,11-14,16,23H,5-6,10,15,17H2,1-2H3/t23-/m0/s1. The molecule has 7 nitrogen and oxygen atoms in total. The van der Waals surface area contributed by atoms with Crippen molar-refractivity contribution in [1.82, 2.24) is 24.6 Å². The average molecular weight is 442 g/mol. The number of methoxy groups -OCH3 is 1. The Balaban J connectivity index is 1.37. The number of pyridine rings is 2. The van der Waals surface area contributed by atoms with Gasteiger partial charge >= 0.3 is 0 Å². The molecule has 0 saturated carbocycles. The maximum Gasteiger partial charge on any atom is 0.223 e. The fraction of sp³-hybridized carbons (Fsp3) is 0.308. The molecule has 1 amide bonds. The molecule has 1 atom stereocenters. The first kappa shape index (κ1) is 21.1. The number of carbonyl (C=O) groups is 1. The van der Waals surface area contributed by atoms with E-state index >= 15 is 0 Å². The fourth-order valence-corrected chi connectivity index (χ4v) is 4.54. The first-order valence-corrected chi connectivity index (χ1v) is 11.3. The van der Waals surface area contributed by atoms with Crippen LogP contribution in [0.25, 0.3) is 16.9 Å². The quantitative estimate of drug-likeness (QED) is 0.443. The maximum absolute atomic E-state index is 13.1. The molecule has 1 fully saturated rings. The zero-order chi connectivity index (χ0) is 22.8. The number of ether oxygens (including phenoxy) is 1. The Morgan fingerprint density at radius 2 is 1.97 bits per heavy atom. The molecule has 4 heterocycles. The highest BCUT2D eigenvalue weighted by Crippen LogP contribution is 2.33. The van der Waals surface area contributed by atoms with Crippen LogP contribution in [0.3, 0.4) is 0 Å². The van der Waals surface area contributed by atoms with E-state index in [2.05, 4.69) is 16.1 Å². The SMILES string of the molecule is COc1ccc(CCC(=O)N2CCC[C@H]2c2ccc3c(C)nn(-c4ccccn4)c3n2)cc1. The number of likely N-dealkylation sites (tertiary alicyclic amines) is 1. The molecule has 4 aromatic rings. The van der Waals surface area contributed by atoms with Gasteiger partial charge in [-0.2, -0.15) is 9.78 Å². The van der Waals surface area contributed by atoms with E-state index in [1.54, 1.807) is 18.0 Å². The Bertz CT molecular complexity index is 1270. The number of aryl methyl sites for hydroxylation is 2. The van der Waals surface area contributed by atoms with Crippen LogP contribution < -0.4 is 4.74 Å². The van der Waals surface area contributed by atoms with Crippen LogP contribution in [0, 0.1) is 6.92 Å². The van der Waals surface area contributed by atoms with Gasteiger partial charge in [-0.25, -0.2) is 9.97 Å². The Kier molecular flexibility index (Phi) is 5.77. The minimum atomic E-state index is -0.00911. The summed E-state index contributed by atoms with van der Waals surface area (Å²) in [5.41, 5.74) is 3.74. The number of hydrogen-bond donors (Lipinski definition) is 0. The van der Waals surface area contributed by atoms with Crippen molar-refractivity contribution in [1.29, 1.82) is 0 Å². The van der Waals surface area contributed by atoms with Crippen molar-refractivity contribution in [2.75, 3.05) is 13.7 Å². The monoisotopic (exact) mass is 441 g/mol. The van der Waals surface area contributed by atoms with Gasteiger partial charge in [0.05, 0.1) is 24.5 Å². The molecule has 33 heavy (non-hydrogen) atoms. The van der Waals surface area contributed by atoms with Crippen LogP contribution in [0.1, 0.15) is 42.3 Å². The Labute approximate surface area is 193 Å². The van der Waals surface area contributed by atoms with Crippen LogP contribution in [-0.4, -0.2) is 44.2 Å². The lowest BCUT2D eigenvalue weighted by molar-refractivity contribution is -0.132. The number of rotatable bonds is 6. The smallest absolute Gasteiger partial charge is 0.223 e. The first-order valence-electron chi connectivity index (χ1n) is 11.3. The molecule has 5 rings (SSSR count). The molecule has 7 heteroatoms. The molecule has 0 bridgehead atoms. The molecule has 1 saturated heterocycles. The van der Waals surface area contributed by atoms with Crippen molar-refractivity contribution in [2.24, 2.45) is 0 Å². The second-order valence-corrected chi connectivity index (χ2v) is 8.39. The molecule has 1 aromatic carbocycles. The van der Waals surface area contributed by atoms with Gasteiger partial charge in [0.15, 0.2) is 11.5 Å². The van der Waals surface area contributed by atoms with Gasteiger partial charge < -0.3 is 9.64 Å². The van der Waals surface area contributed by atoms with E-state index < -0.39 is 0 Å². The molecule has 1 aliphatic heterocycles. The number of hydrogen-bond acceptors (Lipinski definition) is 5. The van der Waals surface area contributed by atoms with Crippen LogP contribution in [0.15, 0.2) is 60.8 Å². The first-order chi connectivity index (χ1) is 16.1. The van der Waals surface area contributed by atoms with Gasteiger partial charge in [-0.3, -0.25) is 4.79 Å². The van der Waals surface area contributed by atoms with Gasteiger partial charge in [0.2, 0.25) is 5.91 Å². The molecule has 0 aliphatic carbocycles. The third-order valence-electron chi connectivity index (χ3n) is 6.30. The summed E-state index contributed by atoms with van der Waals surface area (Å²) < 4.78 is 7.01. The molecule has 1 aliphatic rings. The van der Waals surface area contributed by atoms with E-state index in [4.69, 9.17) is 9.72 Å². The summed E-state index contributed by atoms with van der Waals surface area (Å²) in [5, 5.41) is 5.66. The van der Waals surface area contributed by atoms with Crippen LogP contribution in [0.4, 0.5) is 0 Å². The van der Waals surface area contributed by atoms with Crippen molar-refractivity contribution in [3.63, 3.8) is 0 Å². The third kappa shape index (κ3) is 4.18. The lowest BCUT2D eigenvalue weighted by atomic mass is 10.1. The Morgan fingerprint density at radius 3 is 2.73 bits per heavy atom. The number of carbonyl (C=O) groups excluding carboxylic acids is 1. The van der Waals surface area contributed by atoms with Crippen LogP contribution in [0.5, 0.6) is 5.75 Å². The highest BCUT2D eigenvalue weighted by Gasteiger charge is 2.31. The predicted molar refractivity (Wildman–Crippen MR) is 126 cm³/mol. The minimum absolute atomic E-state index is 0.00911. The molecule has 0 unspecified atom stereocenters. The van der Waals surface area contributed by atoms with Gasteiger partial charge in [-0.15, -0.1) is 0 Å². The van der Waals surface area contributed by atoms with Crippen LogP contribution in [-0.2, 0) is 11.2 Å². The van der Waals surface area contributed by atoms with Gasteiger partial charge in [0.1, 0.15) is 5.75 Å². The fourth-order valence-electron chi connectivity index (χ4n) is 4.54. The zero-order valence-electron chi connectivity index (χ0n) is 18.9. The molecule has 168 valence electrons. The highest BCUT2D eigenvalue weighted by molar-refractivity contribution is 5.80. The summed E-state index contributed by atoms with van der Waals surface area (Å²) in [6.45, 7) is 2.75. The summed E-state index contributed by atoms with van der Waals surface area (Å²) in [4.78, 5) is 24.5. The van der Waals surface area contributed by atoms with E-state index in [-0.39, 0.29) is 11.9 Å². The van der Waals surface area contributed by atoms with E-state index in [1.165, 1.54) is 0 Å². The Hall–Kier alpha value is -3.74. The molecule has 0 N–H and O–H groups in total. The van der Waals surface area contributed by atoms with E-state index in [0.29, 0.717) is 12.8 Å². The number of amides is 1. The van der Waals surface area contributed by atoms with Crippen LogP contribution in [0.2, 0.25) is 0 Å². The van der Waals surface area contributed by atoms with E-state index in [1.807, 2.05) is 60.4 Å². The number of aromatic nitrogens is 4. The third-order valence-corrected chi connectivity index (χ3v) is 6.30. The molecule has 0 radical (unpaired) electrons. The molecule has 3 aromatic heterocycles. The highest BCUT2D eigenvalue weighted by atomic mass is 16.5. The molecular formula is C26H27N5O2. The summed E-state index contributed by atoms with van der Waals surface area (Å²) >= 11 is 0. The summed E-state index contributed by atoms with van der Waals surface area (Å²) in [6.07, 6.45) is 4.85.